The maximum Gasteiger partial charge on any atom is 0.303 e. The molecule has 42 heavy (non-hydrogen) atoms. The number of rotatable bonds is 3. The summed E-state index contributed by atoms with van der Waals surface area (Å²) in [6, 6.07) is 0. The lowest BCUT2D eigenvalue weighted by molar-refractivity contribution is -0.282. The molecule has 0 amide bonds. The lowest BCUT2D eigenvalue weighted by atomic mass is 9.30. The van der Waals surface area contributed by atoms with Crippen LogP contribution in [0.2, 0.25) is 0 Å². The van der Waals surface area contributed by atoms with Crippen molar-refractivity contribution in [2.75, 3.05) is 0 Å². The van der Waals surface area contributed by atoms with Gasteiger partial charge in [-0.25, -0.2) is 0 Å². The van der Waals surface area contributed by atoms with E-state index in [9.17, 15) is 14.4 Å². The normalized spacial score (nSPS) is 48.8. The Morgan fingerprint density at radius 3 is 1.60 bits per heavy atom. The van der Waals surface area contributed by atoms with E-state index in [0.717, 1.165) is 38.5 Å². The van der Waals surface area contributed by atoms with Gasteiger partial charge in [0.2, 0.25) is 0 Å². The van der Waals surface area contributed by atoms with Crippen molar-refractivity contribution in [1.82, 2.24) is 0 Å². The fraction of sp³-hybridized carbons (Fsp3) is 0.917. The third kappa shape index (κ3) is 4.41. The molecule has 0 aromatic rings. The molecule has 11 unspecified atom stereocenters. The van der Waals surface area contributed by atoms with Crippen molar-refractivity contribution in [3.63, 3.8) is 0 Å². The fourth-order valence-electron chi connectivity index (χ4n) is 12.9. The van der Waals surface area contributed by atoms with E-state index >= 15 is 0 Å². The first kappa shape index (κ1) is 31.8. The van der Waals surface area contributed by atoms with Gasteiger partial charge in [-0.15, -0.1) is 0 Å². The van der Waals surface area contributed by atoms with Gasteiger partial charge in [0, 0.05) is 37.5 Å². The van der Waals surface area contributed by atoms with Crippen molar-refractivity contribution in [3.8, 4) is 0 Å². The van der Waals surface area contributed by atoms with Crippen LogP contribution in [0.4, 0.5) is 0 Å². The SMILES string of the molecule is CC(=O)OC1CC2(C)C(CCC3(C)C2CCC2C4(C)CCC(C)(C)C(OC(C)=O)C4CCC23C)C(C)(C)C1OC(C)=O. The zero-order valence-corrected chi connectivity index (χ0v) is 28.4. The fourth-order valence-corrected chi connectivity index (χ4v) is 12.9. The number of hydrogen-bond acceptors (Lipinski definition) is 6. The molecule has 6 heteroatoms. The molecule has 5 fully saturated rings. The Morgan fingerprint density at radius 2 is 1.05 bits per heavy atom. The van der Waals surface area contributed by atoms with E-state index in [1.807, 2.05) is 0 Å². The molecular formula is C36H58O6. The van der Waals surface area contributed by atoms with Crippen LogP contribution in [-0.4, -0.2) is 36.2 Å². The van der Waals surface area contributed by atoms with Gasteiger partial charge >= 0.3 is 17.9 Å². The quantitative estimate of drug-likeness (QED) is 0.247. The summed E-state index contributed by atoms with van der Waals surface area (Å²) in [5, 5.41) is 0. The van der Waals surface area contributed by atoms with E-state index in [1.165, 1.54) is 33.1 Å². The molecule has 0 heterocycles. The Bertz CT molecular complexity index is 1130. The summed E-state index contributed by atoms with van der Waals surface area (Å²) >= 11 is 0. The van der Waals surface area contributed by atoms with Crippen LogP contribution in [-0.2, 0) is 28.6 Å². The van der Waals surface area contributed by atoms with Gasteiger partial charge in [-0.2, -0.15) is 0 Å². The summed E-state index contributed by atoms with van der Waals surface area (Å²) in [6.45, 7) is 23.8. The molecule has 5 rings (SSSR count). The lowest BCUT2D eigenvalue weighted by Gasteiger charge is -2.74. The van der Waals surface area contributed by atoms with Crippen LogP contribution in [0.15, 0.2) is 0 Å². The molecule has 238 valence electrons. The minimum Gasteiger partial charge on any atom is -0.462 e. The van der Waals surface area contributed by atoms with E-state index in [2.05, 4.69) is 55.4 Å². The molecule has 0 radical (unpaired) electrons. The summed E-state index contributed by atoms with van der Waals surface area (Å²) < 4.78 is 18.1. The molecule has 6 nitrogen and oxygen atoms in total. The van der Waals surface area contributed by atoms with Crippen LogP contribution >= 0.6 is 0 Å². The number of ether oxygens (including phenoxy) is 3. The highest BCUT2D eigenvalue weighted by Crippen LogP contribution is 2.77. The highest BCUT2D eigenvalue weighted by Gasteiger charge is 2.72. The van der Waals surface area contributed by atoms with Gasteiger partial charge in [-0.3, -0.25) is 14.4 Å². The predicted molar refractivity (Wildman–Crippen MR) is 162 cm³/mol. The standard InChI is InChI=1S/C36H58O6/c1-21(37)40-25-20-34(9)26(32(6,7)30(25)42-23(3)39)15-17-36(11)28(34)13-12-27-33(8)19-18-31(4,5)29(41-22(2)38)24(33)14-16-35(27,36)10/h24-30H,12-20H2,1-11H3. The van der Waals surface area contributed by atoms with Crippen molar-refractivity contribution in [3.05, 3.63) is 0 Å². The summed E-state index contributed by atoms with van der Waals surface area (Å²) in [5.74, 6) is 1.06. The van der Waals surface area contributed by atoms with E-state index in [-0.39, 0.29) is 56.5 Å². The Morgan fingerprint density at radius 1 is 0.548 bits per heavy atom. The maximum absolute atomic E-state index is 12.3. The van der Waals surface area contributed by atoms with Crippen molar-refractivity contribution >= 4 is 17.9 Å². The van der Waals surface area contributed by atoms with Gasteiger partial charge in [-0.1, -0.05) is 55.4 Å². The smallest absolute Gasteiger partial charge is 0.303 e. The Labute approximate surface area is 254 Å². The first-order valence-electron chi connectivity index (χ1n) is 16.8. The third-order valence-corrected chi connectivity index (χ3v) is 14.7. The van der Waals surface area contributed by atoms with Crippen molar-refractivity contribution < 1.29 is 28.6 Å². The van der Waals surface area contributed by atoms with Gasteiger partial charge < -0.3 is 14.2 Å². The van der Waals surface area contributed by atoms with Crippen LogP contribution in [0.3, 0.4) is 0 Å². The lowest BCUT2D eigenvalue weighted by Crippen LogP contribution is -2.70. The summed E-state index contributed by atoms with van der Waals surface area (Å²) in [7, 11) is 0. The number of carbonyl (C=O) groups excluding carboxylic acids is 3. The first-order chi connectivity index (χ1) is 19.2. The molecule has 5 saturated carbocycles. The Balaban J connectivity index is 1.52. The molecule has 11 atom stereocenters. The minimum absolute atomic E-state index is 0.00584. The predicted octanol–water partition coefficient (Wildman–Crippen LogP) is 7.90. The monoisotopic (exact) mass is 586 g/mol. The van der Waals surface area contributed by atoms with E-state index < -0.39 is 12.2 Å². The van der Waals surface area contributed by atoms with Crippen LogP contribution in [0.1, 0.15) is 134 Å². The van der Waals surface area contributed by atoms with Gasteiger partial charge in [0.1, 0.15) is 18.3 Å². The summed E-state index contributed by atoms with van der Waals surface area (Å²) in [6.07, 6.45) is 8.97. The zero-order chi connectivity index (χ0) is 31.3. The van der Waals surface area contributed by atoms with Crippen LogP contribution in [0.5, 0.6) is 0 Å². The summed E-state index contributed by atoms with van der Waals surface area (Å²) in [4.78, 5) is 36.8. The van der Waals surface area contributed by atoms with E-state index in [4.69, 9.17) is 14.2 Å². The van der Waals surface area contributed by atoms with Gasteiger partial charge in [0.05, 0.1) is 0 Å². The molecular weight excluding hydrogens is 528 g/mol. The van der Waals surface area contributed by atoms with Gasteiger partial charge in [0.15, 0.2) is 0 Å². The molecule has 0 saturated heterocycles. The third-order valence-electron chi connectivity index (χ3n) is 14.7. The van der Waals surface area contributed by atoms with Crippen molar-refractivity contribution in [2.45, 2.75) is 152 Å². The van der Waals surface area contributed by atoms with E-state index in [1.54, 1.807) is 6.92 Å². The highest BCUT2D eigenvalue weighted by atomic mass is 16.6. The largest absolute Gasteiger partial charge is 0.462 e. The molecule has 0 aromatic carbocycles. The molecule has 0 N–H and O–H groups in total. The van der Waals surface area contributed by atoms with Crippen molar-refractivity contribution in [2.24, 2.45) is 56.2 Å². The molecule has 0 aromatic heterocycles. The molecule has 0 bridgehead atoms. The van der Waals surface area contributed by atoms with Crippen LogP contribution in [0, 0.1) is 56.2 Å². The van der Waals surface area contributed by atoms with Gasteiger partial charge in [-0.05, 0) is 97.2 Å². The maximum atomic E-state index is 12.3. The molecule has 5 aliphatic carbocycles. The number of fused-ring (bicyclic) bond motifs is 7. The number of hydrogen-bond donors (Lipinski definition) is 0. The van der Waals surface area contributed by atoms with Crippen LogP contribution in [0.25, 0.3) is 0 Å². The highest BCUT2D eigenvalue weighted by molar-refractivity contribution is 5.67. The Hall–Kier alpha value is -1.59. The average molecular weight is 587 g/mol. The second kappa shape index (κ2) is 9.96. The first-order valence-corrected chi connectivity index (χ1v) is 16.8. The minimum atomic E-state index is -0.439. The number of esters is 3. The van der Waals surface area contributed by atoms with Gasteiger partial charge in [0.25, 0.3) is 0 Å². The molecule has 5 aliphatic rings. The van der Waals surface area contributed by atoms with Crippen LogP contribution < -0.4 is 0 Å². The second-order valence-corrected chi connectivity index (χ2v) is 17.5. The average Bonchev–Trinajstić information content (AvgIpc) is 2.83. The van der Waals surface area contributed by atoms with Crippen molar-refractivity contribution in [1.29, 1.82) is 0 Å². The van der Waals surface area contributed by atoms with E-state index in [0.29, 0.717) is 23.7 Å². The summed E-state index contributed by atoms with van der Waals surface area (Å²) in [5.41, 5.74) is 0.103. The Kier molecular flexibility index (Phi) is 7.55. The zero-order valence-electron chi connectivity index (χ0n) is 28.4. The molecule has 0 spiro atoms. The topological polar surface area (TPSA) is 78.9 Å². The number of carbonyl (C=O) groups is 3. The molecule has 0 aliphatic heterocycles. The second-order valence-electron chi connectivity index (χ2n) is 17.5.